The summed E-state index contributed by atoms with van der Waals surface area (Å²) in [5.41, 5.74) is 1.20. The van der Waals surface area contributed by atoms with E-state index in [0.29, 0.717) is 11.1 Å². The van der Waals surface area contributed by atoms with Crippen LogP contribution in [-0.2, 0) is 6.42 Å². The first-order valence-corrected chi connectivity index (χ1v) is 8.12. The molecule has 2 unspecified atom stereocenters. The number of halogens is 2. The minimum atomic E-state index is 0.676. The Labute approximate surface area is 126 Å². The van der Waals surface area contributed by atoms with Gasteiger partial charge in [0.05, 0.1) is 10.0 Å². The van der Waals surface area contributed by atoms with Crippen LogP contribution in [0.15, 0.2) is 18.2 Å². The molecule has 0 aromatic heterocycles. The van der Waals surface area contributed by atoms with Crippen molar-refractivity contribution in [1.82, 2.24) is 5.32 Å². The summed E-state index contributed by atoms with van der Waals surface area (Å²) in [6.07, 6.45) is 7.62. The Morgan fingerprint density at radius 2 is 2.00 bits per heavy atom. The summed E-state index contributed by atoms with van der Waals surface area (Å²) >= 11 is 12.4. The van der Waals surface area contributed by atoms with Crippen LogP contribution in [0.25, 0.3) is 0 Å². The molecule has 2 atom stereocenters. The molecule has 0 amide bonds. The second-order valence-corrected chi connectivity index (χ2v) is 6.34. The maximum absolute atomic E-state index is 6.30. The number of rotatable bonds is 4. The first kappa shape index (κ1) is 15.2. The van der Waals surface area contributed by atoms with E-state index in [1.807, 2.05) is 12.1 Å². The highest BCUT2D eigenvalue weighted by atomic mass is 35.5. The van der Waals surface area contributed by atoms with E-state index in [9.17, 15) is 0 Å². The van der Waals surface area contributed by atoms with Gasteiger partial charge >= 0.3 is 0 Å². The molecule has 1 N–H and O–H groups in total. The zero-order chi connectivity index (χ0) is 13.7. The third kappa shape index (κ3) is 4.37. The predicted octanol–water partition coefficient (Wildman–Crippen LogP) is 5.09. The van der Waals surface area contributed by atoms with Gasteiger partial charge in [0, 0.05) is 6.04 Å². The van der Waals surface area contributed by atoms with Gasteiger partial charge in [0.1, 0.15) is 0 Å². The minimum Gasteiger partial charge on any atom is -0.314 e. The van der Waals surface area contributed by atoms with Crippen LogP contribution < -0.4 is 5.32 Å². The summed E-state index contributed by atoms with van der Waals surface area (Å²) in [4.78, 5) is 0. The topological polar surface area (TPSA) is 12.0 Å². The molecule has 1 aromatic rings. The summed E-state index contributed by atoms with van der Waals surface area (Å²) in [6.45, 7) is 3.25. The van der Waals surface area contributed by atoms with Crippen LogP contribution >= 0.6 is 23.2 Å². The molecule has 0 heterocycles. The van der Waals surface area contributed by atoms with Crippen LogP contribution in [0.2, 0.25) is 10.0 Å². The van der Waals surface area contributed by atoms with Gasteiger partial charge in [0.2, 0.25) is 0 Å². The number of hydrogen-bond donors (Lipinski definition) is 1. The lowest BCUT2D eigenvalue weighted by atomic mass is 9.91. The normalized spacial score (nSPS) is 24.2. The Balaban J connectivity index is 2.02. The lowest BCUT2D eigenvalue weighted by molar-refractivity contribution is 0.389. The maximum atomic E-state index is 6.30. The summed E-state index contributed by atoms with van der Waals surface area (Å²) < 4.78 is 0. The van der Waals surface area contributed by atoms with Gasteiger partial charge in [0.25, 0.3) is 0 Å². The number of nitrogens with one attached hydrogen (secondary N) is 1. The summed E-state index contributed by atoms with van der Waals surface area (Å²) in [5, 5.41) is 5.03. The lowest BCUT2D eigenvalue weighted by Gasteiger charge is -2.21. The Morgan fingerprint density at radius 3 is 2.79 bits per heavy atom. The van der Waals surface area contributed by atoms with E-state index in [1.165, 1.54) is 37.7 Å². The van der Waals surface area contributed by atoms with E-state index in [4.69, 9.17) is 23.2 Å². The molecule has 0 aliphatic heterocycles. The Hall–Kier alpha value is -0.240. The molecule has 0 bridgehead atoms. The summed E-state index contributed by atoms with van der Waals surface area (Å²) in [7, 11) is 0. The SMILES string of the molecule is CCNC1CCCCC(Cc2cccc(Cl)c2Cl)C1. The van der Waals surface area contributed by atoms with Gasteiger partial charge in [-0.15, -0.1) is 0 Å². The van der Waals surface area contributed by atoms with Crippen LogP contribution in [-0.4, -0.2) is 12.6 Å². The molecule has 0 saturated heterocycles. The predicted molar refractivity (Wildman–Crippen MR) is 84.2 cm³/mol. The van der Waals surface area contributed by atoms with E-state index < -0.39 is 0 Å². The van der Waals surface area contributed by atoms with Gasteiger partial charge in [-0.25, -0.2) is 0 Å². The molecule has 2 rings (SSSR count). The highest BCUT2D eigenvalue weighted by Crippen LogP contribution is 2.31. The molecule has 1 nitrogen and oxygen atoms in total. The first-order valence-electron chi connectivity index (χ1n) is 7.37. The van der Waals surface area contributed by atoms with Gasteiger partial charge in [-0.05, 0) is 43.4 Å². The van der Waals surface area contributed by atoms with Crippen LogP contribution in [0, 0.1) is 5.92 Å². The van der Waals surface area contributed by atoms with Crippen molar-refractivity contribution < 1.29 is 0 Å². The molecule has 1 aliphatic carbocycles. The average molecular weight is 300 g/mol. The number of benzene rings is 1. The van der Waals surface area contributed by atoms with Crippen LogP contribution in [0.4, 0.5) is 0 Å². The standard InChI is InChI=1S/C16H23Cl2N/c1-2-19-14-8-4-3-6-12(11-14)10-13-7-5-9-15(17)16(13)18/h5,7,9,12,14,19H,2-4,6,8,10-11H2,1H3. The third-order valence-corrected chi connectivity index (χ3v) is 4.92. The molecule has 1 saturated carbocycles. The molecule has 1 aliphatic rings. The molecular formula is C16H23Cl2N. The van der Waals surface area contributed by atoms with Crippen molar-refractivity contribution in [2.45, 2.75) is 51.5 Å². The van der Waals surface area contributed by atoms with E-state index >= 15 is 0 Å². The van der Waals surface area contributed by atoms with Crippen molar-refractivity contribution in [1.29, 1.82) is 0 Å². The second kappa shape index (κ2) is 7.52. The van der Waals surface area contributed by atoms with E-state index in [-0.39, 0.29) is 0 Å². The second-order valence-electron chi connectivity index (χ2n) is 5.56. The van der Waals surface area contributed by atoms with Crippen LogP contribution in [0.1, 0.15) is 44.6 Å². The molecule has 0 radical (unpaired) electrons. The Kier molecular flexibility index (Phi) is 6.00. The summed E-state index contributed by atoms with van der Waals surface area (Å²) in [5.74, 6) is 0.725. The van der Waals surface area contributed by atoms with Crippen molar-refractivity contribution in [2.24, 2.45) is 5.92 Å². The van der Waals surface area contributed by atoms with Crippen molar-refractivity contribution >= 4 is 23.2 Å². The third-order valence-electron chi connectivity index (χ3n) is 4.07. The minimum absolute atomic E-state index is 0.676. The molecule has 1 aromatic carbocycles. The molecular weight excluding hydrogens is 277 g/mol. The van der Waals surface area contributed by atoms with Crippen molar-refractivity contribution in [3.63, 3.8) is 0 Å². The van der Waals surface area contributed by atoms with Gasteiger partial charge in [-0.2, -0.15) is 0 Å². The van der Waals surface area contributed by atoms with Gasteiger partial charge in [0.15, 0.2) is 0 Å². The fourth-order valence-electron chi connectivity index (χ4n) is 3.14. The number of hydrogen-bond acceptors (Lipinski definition) is 1. The highest BCUT2D eigenvalue weighted by molar-refractivity contribution is 6.42. The maximum Gasteiger partial charge on any atom is 0.0624 e. The lowest BCUT2D eigenvalue weighted by Crippen LogP contribution is -2.30. The zero-order valence-electron chi connectivity index (χ0n) is 11.6. The van der Waals surface area contributed by atoms with Gasteiger partial charge in [-0.3, -0.25) is 0 Å². The van der Waals surface area contributed by atoms with Crippen molar-refractivity contribution in [2.75, 3.05) is 6.54 Å². The average Bonchev–Trinajstić information content (AvgIpc) is 2.61. The van der Waals surface area contributed by atoms with E-state index in [0.717, 1.165) is 23.9 Å². The Morgan fingerprint density at radius 1 is 1.21 bits per heavy atom. The van der Waals surface area contributed by atoms with Crippen LogP contribution in [0.5, 0.6) is 0 Å². The van der Waals surface area contributed by atoms with E-state index in [1.54, 1.807) is 0 Å². The molecule has 106 valence electrons. The van der Waals surface area contributed by atoms with Crippen molar-refractivity contribution in [3.05, 3.63) is 33.8 Å². The largest absolute Gasteiger partial charge is 0.314 e. The Bertz CT molecular complexity index is 406. The fraction of sp³-hybridized carbons (Fsp3) is 0.625. The molecule has 0 spiro atoms. The van der Waals surface area contributed by atoms with Crippen LogP contribution in [0.3, 0.4) is 0 Å². The monoisotopic (exact) mass is 299 g/mol. The van der Waals surface area contributed by atoms with Crippen molar-refractivity contribution in [3.8, 4) is 0 Å². The molecule has 1 fully saturated rings. The first-order chi connectivity index (χ1) is 9.20. The smallest absolute Gasteiger partial charge is 0.0624 e. The fourth-order valence-corrected chi connectivity index (χ4v) is 3.54. The van der Waals surface area contributed by atoms with E-state index in [2.05, 4.69) is 18.3 Å². The zero-order valence-corrected chi connectivity index (χ0v) is 13.1. The van der Waals surface area contributed by atoms with Gasteiger partial charge in [-0.1, -0.05) is 61.5 Å². The van der Waals surface area contributed by atoms with Gasteiger partial charge < -0.3 is 5.32 Å². The molecule has 3 heteroatoms. The summed E-state index contributed by atoms with van der Waals surface area (Å²) in [6, 6.07) is 6.65. The molecule has 19 heavy (non-hydrogen) atoms. The highest BCUT2D eigenvalue weighted by Gasteiger charge is 2.20. The quantitative estimate of drug-likeness (QED) is 0.763.